The van der Waals surface area contributed by atoms with Gasteiger partial charge in [-0.05, 0) is 62.9 Å². The molecule has 1 unspecified atom stereocenters. The number of terminal acetylenes is 1. The molecule has 4 aromatic rings. The van der Waals surface area contributed by atoms with Gasteiger partial charge in [0.2, 0.25) is 0 Å². The molecule has 0 saturated carbocycles. The number of hydrogen-bond donors (Lipinski definition) is 6. The molecule has 240 valence electrons. The topological polar surface area (TPSA) is 208 Å². The first-order valence-corrected chi connectivity index (χ1v) is 15.9. The van der Waals surface area contributed by atoms with Gasteiger partial charge in [-0.25, -0.2) is 14.5 Å². The maximum absolute atomic E-state index is 11.7. The molecule has 1 amide bonds. The molecule has 4 rings (SSSR count). The Bertz CT molecular complexity index is 1820. The maximum Gasteiger partial charge on any atom is 0.524 e. The van der Waals surface area contributed by atoms with E-state index in [0.717, 1.165) is 23.8 Å². The molecule has 0 fully saturated rings. The molecule has 14 heteroatoms. The maximum atomic E-state index is 11.7. The zero-order valence-corrected chi connectivity index (χ0v) is 26.6. The van der Waals surface area contributed by atoms with Crippen LogP contribution in [0.4, 0.5) is 5.82 Å². The molecule has 2 aromatic carbocycles. The van der Waals surface area contributed by atoms with Crippen molar-refractivity contribution < 1.29 is 33.5 Å². The Hall–Kier alpha value is -4.18. The number of rotatable bonds is 13. The number of ether oxygens (including phenoxy) is 1. The summed E-state index contributed by atoms with van der Waals surface area (Å²) in [5.41, 5.74) is 14.3. The van der Waals surface area contributed by atoms with Crippen LogP contribution in [0.1, 0.15) is 57.5 Å². The number of hydrogen-bond acceptors (Lipinski definition) is 9. The summed E-state index contributed by atoms with van der Waals surface area (Å²) in [5, 5.41) is 13.6. The summed E-state index contributed by atoms with van der Waals surface area (Å²) in [4.78, 5) is 40.0. The monoisotopic (exact) mass is 638 g/mol. The highest BCUT2D eigenvalue weighted by Gasteiger charge is 2.27. The number of phosphoric acid groups is 1. The van der Waals surface area contributed by atoms with Crippen molar-refractivity contribution in [3.63, 3.8) is 0 Å². The number of phosphoric ester groups is 1. The number of imidazole rings is 1. The molecule has 0 radical (unpaired) electrons. The van der Waals surface area contributed by atoms with E-state index in [0.29, 0.717) is 34.4 Å². The van der Waals surface area contributed by atoms with Gasteiger partial charge in [-0.2, -0.15) is 0 Å². The first-order valence-electron chi connectivity index (χ1n) is 14.3. The molecule has 0 aliphatic heterocycles. The van der Waals surface area contributed by atoms with Crippen LogP contribution in [0.5, 0.6) is 11.5 Å². The van der Waals surface area contributed by atoms with Crippen LogP contribution in [-0.2, 0) is 32.6 Å². The minimum Gasteiger partial charge on any atom is -0.508 e. The van der Waals surface area contributed by atoms with Crippen molar-refractivity contribution in [3.8, 4) is 23.8 Å². The van der Waals surface area contributed by atoms with E-state index in [1.807, 2.05) is 35.6 Å². The average Bonchev–Trinajstić information content (AvgIpc) is 3.30. The molecular formula is C31H39N6O7P. The first-order chi connectivity index (χ1) is 21.0. The molecule has 8 N–H and O–H groups in total. The lowest BCUT2D eigenvalue weighted by Crippen LogP contribution is -2.48. The van der Waals surface area contributed by atoms with Crippen molar-refractivity contribution in [1.29, 1.82) is 0 Å². The molecule has 0 saturated heterocycles. The standard InChI is InChI=1S/C31H39N6O7P/c1-6-8-9-25-35-27-28(37(25)16-19-14-21(38)11-13-24(19)44-45(40,41)42)22-12-10-20(15-23(22)34-29(27)32)31(5,33)18-43-17-30(3,4)36-26(39)7-2/h2,10-15,38H,6,8-9,16-18,33H2,1,3-5H3,(H2,32,34)(H,36,39)(H2,40,41,42). The van der Waals surface area contributed by atoms with Crippen molar-refractivity contribution in [2.45, 2.75) is 64.6 Å². The second-order valence-electron chi connectivity index (χ2n) is 11.9. The van der Waals surface area contributed by atoms with Crippen molar-refractivity contribution in [1.82, 2.24) is 19.9 Å². The lowest BCUT2D eigenvalue weighted by atomic mass is 9.93. The fraction of sp³-hybridized carbons (Fsp3) is 0.387. The van der Waals surface area contributed by atoms with Gasteiger partial charge in [0, 0.05) is 17.4 Å². The highest BCUT2D eigenvalue weighted by atomic mass is 31.2. The number of nitrogens with one attached hydrogen (secondary N) is 1. The number of phenolic OH excluding ortho intramolecular Hbond substituents is 1. The van der Waals surface area contributed by atoms with Crippen LogP contribution in [0, 0.1) is 12.3 Å². The second-order valence-corrected chi connectivity index (χ2v) is 13.1. The third-order valence-corrected chi connectivity index (χ3v) is 7.67. The number of phenols is 1. The number of pyridine rings is 1. The molecule has 13 nitrogen and oxygen atoms in total. The summed E-state index contributed by atoms with van der Waals surface area (Å²) in [6.45, 7) is 7.84. The van der Waals surface area contributed by atoms with Gasteiger partial charge in [0.1, 0.15) is 22.8 Å². The van der Waals surface area contributed by atoms with Gasteiger partial charge < -0.3 is 35.7 Å². The number of fused-ring (bicyclic) bond motifs is 3. The third-order valence-electron chi connectivity index (χ3n) is 7.23. The van der Waals surface area contributed by atoms with Crippen molar-refractivity contribution in [3.05, 3.63) is 53.3 Å². The number of benzene rings is 2. The van der Waals surface area contributed by atoms with E-state index in [-0.39, 0.29) is 37.1 Å². The molecule has 0 aliphatic rings. The number of anilines is 1. The molecule has 0 aliphatic carbocycles. The van der Waals surface area contributed by atoms with Crippen LogP contribution in [-0.4, -0.2) is 54.1 Å². The van der Waals surface area contributed by atoms with Gasteiger partial charge in [-0.15, -0.1) is 6.42 Å². The summed E-state index contributed by atoms with van der Waals surface area (Å²) in [6.07, 6.45) is 7.51. The molecule has 2 aromatic heterocycles. The minimum absolute atomic E-state index is 0.0704. The van der Waals surface area contributed by atoms with E-state index in [4.69, 9.17) is 32.1 Å². The quantitative estimate of drug-likeness (QED) is 0.0923. The number of unbranched alkanes of at least 4 members (excludes halogenated alkanes) is 1. The molecule has 45 heavy (non-hydrogen) atoms. The molecule has 2 heterocycles. The third kappa shape index (κ3) is 8.11. The van der Waals surface area contributed by atoms with E-state index in [2.05, 4.69) is 17.2 Å². The van der Waals surface area contributed by atoms with Crippen LogP contribution in [0.2, 0.25) is 0 Å². The number of aromatic nitrogens is 3. The summed E-state index contributed by atoms with van der Waals surface area (Å²) < 4.78 is 24.4. The van der Waals surface area contributed by atoms with Crippen molar-refractivity contribution in [2.24, 2.45) is 5.73 Å². The average molecular weight is 639 g/mol. The van der Waals surface area contributed by atoms with Gasteiger partial charge in [-0.3, -0.25) is 14.6 Å². The zero-order valence-electron chi connectivity index (χ0n) is 25.7. The Labute approximate surface area is 261 Å². The molecular weight excluding hydrogens is 599 g/mol. The van der Waals surface area contributed by atoms with E-state index < -0.39 is 24.8 Å². The summed E-state index contributed by atoms with van der Waals surface area (Å²) >= 11 is 0. The lowest BCUT2D eigenvalue weighted by molar-refractivity contribution is -0.118. The van der Waals surface area contributed by atoms with Crippen LogP contribution < -0.4 is 21.3 Å². The number of aryl methyl sites for hydroxylation is 1. The highest BCUT2D eigenvalue weighted by Crippen LogP contribution is 2.41. The summed E-state index contributed by atoms with van der Waals surface area (Å²) in [5.74, 6) is 2.23. The second kappa shape index (κ2) is 13.0. The van der Waals surface area contributed by atoms with Crippen LogP contribution in [0.25, 0.3) is 21.9 Å². The number of aromatic hydroxyl groups is 1. The molecule has 0 spiro atoms. The van der Waals surface area contributed by atoms with E-state index >= 15 is 0 Å². The summed E-state index contributed by atoms with van der Waals surface area (Å²) in [7, 11) is -4.88. The Morgan fingerprint density at radius 1 is 1.16 bits per heavy atom. The zero-order chi connectivity index (χ0) is 33.2. The highest BCUT2D eigenvalue weighted by molar-refractivity contribution is 7.46. The van der Waals surface area contributed by atoms with E-state index in [1.54, 1.807) is 13.8 Å². The lowest BCUT2D eigenvalue weighted by Gasteiger charge is -2.29. The minimum atomic E-state index is -4.88. The number of nitrogen functional groups attached to an aromatic ring is 1. The fourth-order valence-corrected chi connectivity index (χ4v) is 5.50. The number of amides is 1. The SMILES string of the molecule is C#CC(=O)NC(C)(C)COCC(C)(N)c1ccc2c(c1)nc(N)c1nc(CCCC)n(Cc3cc(O)ccc3OP(=O)(O)O)c12. The number of carbonyl (C=O) groups is 1. The Kier molecular flexibility index (Phi) is 9.77. The van der Waals surface area contributed by atoms with Crippen LogP contribution in [0.3, 0.4) is 0 Å². The fourth-order valence-electron chi connectivity index (χ4n) is 5.07. The molecule has 0 bridgehead atoms. The molecule has 1 atom stereocenters. The van der Waals surface area contributed by atoms with Gasteiger partial charge in [0.15, 0.2) is 5.82 Å². The van der Waals surface area contributed by atoms with E-state index in [9.17, 15) is 24.3 Å². The van der Waals surface area contributed by atoms with Crippen LogP contribution in [0.15, 0.2) is 36.4 Å². The number of carbonyl (C=O) groups excluding carboxylic acids is 1. The largest absolute Gasteiger partial charge is 0.524 e. The number of nitrogens with zero attached hydrogens (tertiary/aromatic N) is 3. The van der Waals surface area contributed by atoms with E-state index in [1.165, 1.54) is 18.2 Å². The predicted octanol–water partition coefficient (Wildman–Crippen LogP) is 3.45. The van der Waals surface area contributed by atoms with Gasteiger partial charge >= 0.3 is 7.82 Å². The summed E-state index contributed by atoms with van der Waals surface area (Å²) in [6, 6.07) is 9.57. The Balaban J connectivity index is 1.76. The smallest absolute Gasteiger partial charge is 0.508 e. The van der Waals surface area contributed by atoms with Gasteiger partial charge in [-0.1, -0.05) is 25.5 Å². The van der Waals surface area contributed by atoms with Crippen LogP contribution >= 0.6 is 7.82 Å². The first kappa shape index (κ1) is 33.7. The Morgan fingerprint density at radius 3 is 2.56 bits per heavy atom. The van der Waals surface area contributed by atoms with Gasteiger partial charge in [0.25, 0.3) is 5.91 Å². The number of nitrogens with two attached hydrogens (primary N) is 2. The van der Waals surface area contributed by atoms with Crippen molar-refractivity contribution in [2.75, 3.05) is 18.9 Å². The van der Waals surface area contributed by atoms with Crippen molar-refractivity contribution >= 4 is 41.5 Å². The normalized spacial score (nSPS) is 13.5. The predicted molar refractivity (Wildman–Crippen MR) is 171 cm³/mol. The Morgan fingerprint density at radius 2 is 1.89 bits per heavy atom. The van der Waals surface area contributed by atoms with Gasteiger partial charge in [0.05, 0.1) is 41.9 Å².